The SMILES string of the molecule is Clc1ccc(Sc2ccccc2C2=CCNCC2)cc1. The largest absolute Gasteiger partial charge is 0.313 e. The molecule has 0 unspecified atom stereocenters. The second-order valence-corrected chi connectivity index (χ2v) is 6.29. The maximum Gasteiger partial charge on any atom is 0.0406 e. The molecule has 1 heterocycles. The third kappa shape index (κ3) is 3.26. The van der Waals surface area contributed by atoms with Crippen LogP contribution < -0.4 is 5.32 Å². The fraction of sp³-hybridized carbons (Fsp3) is 0.176. The van der Waals surface area contributed by atoms with E-state index >= 15 is 0 Å². The molecule has 2 aromatic carbocycles. The van der Waals surface area contributed by atoms with Crippen molar-refractivity contribution in [3.8, 4) is 0 Å². The van der Waals surface area contributed by atoms with Gasteiger partial charge >= 0.3 is 0 Å². The Morgan fingerprint density at radius 3 is 2.55 bits per heavy atom. The van der Waals surface area contributed by atoms with E-state index in [0.717, 1.165) is 24.5 Å². The maximum absolute atomic E-state index is 5.94. The topological polar surface area (TPSA) is 12.0 Å². The Kier molecular flexibility index (Phi) is 4.46. The minimum absolute atomic E-state index is 0.781. The summed E-state index contributed by atoms with van der Waals surface area (Å²) in [6, 6.07) is 16.6. The molecule has 0 aromatic heterocycles. The summed E-state index contributed by atoms with van der Waals surface area (Å²) in [6.07, 6.45) is 3.39. The highest BCUT2D eigenvalue weighted by molar-refractivity contribution is 7.99. The smallest absolute Gasteiger partial charge is 0.0406 e. The van der Waals surface area contributed by atoms with Crippen LogP contribution in [0, 0.1) is 0 Å². The molecule has 20 heavy (non-hydrogen) atoms. The van der Waals surface area contributed by atoms with E-state index in [1.54, 1.807) is 11.8 Å². The second-order valence-electron chi connectivity index (χ2n) is 4.74. The van der Waals surface area contributed by atoms with Gasteiger partial charge in [-0.25, -0.2) is 0 Å². The normalized spacial score (nSPS) is 14.9. The van der Waals surface area contributed by atoms with Crippen LogP contribution in [0.1, 0.15) is 12.0 Å². The summed E-state index contributed by atoms with van der Waals surface area (Å²) in [5.41, 5.74) is 2.80. The van der Waals surface area contributed by atoms with Crippen LogP contribution in [0.5, 0.6) is 0 Å². The number of hydrogen-bond donors (Lipinski definition) is 1. The van der Waals surface area contributed by atoms with Crippen LogP contribution in [0.3, 0.4) is 0 Å². The number of nitrogens with one attached hydrogen (secondary N) is 1. The molecule has 1 aliphatic heterocycles. The van der Waals surface area contributed by atoms with E-state index in [9.17, 15) is 0 Å². The van der Waals surface area contributed by atoms with Crippen molar-refractivity contribution in [2.75, 3.05) is 13.1 Å². The van der Waals surface area contributed by atoms with Crippen molar-refractivity contribution < 1.29 is 0 Å². The first-order chi connectivity index (χ1) is 9.83. The van der Waals surface area contributed by atoms with Gasteiger partial charge < -0.3 is 5.32 Å². The minimum Gasteiger partial charge on any atom is -0.313 e. The van der Waals surface area contributed by atoms with Crippen LogP contribution in [0.2, 0.25) is 5.02 Å². The van der Waals surface area contributed by atoms with E-state index in [-0.39, 0.29) is 0 Å². The molecule has 2 aromatic rings. The Morgan fingerprint density at radius 1 is 1.00 bits per heavy atom. The number of halogens is 1. The summed E-state index contributed by atoms with van der Waals surface area (Å²) in [4.78, 5) is 2.53. The molecule has 0 spiro atoms. The lowest BCUT2D eigenvalue weighted by Crippen LogP contribution is -2.20. The van der Waals surface area contributed by atoms with Gasteiger partial charge in [-0.15, -0.1) is 0 Å². The van der Waals surface area contributed by atoms with Crippen LogP contribution in [-0.2, 0) is 0 Å². The Labute approximate surface area is 129 Å². The van der Waals surface area contributed by atoms with Gasteiger partial charge in [-0.2, -0.15) is 0 Å². The lowest BCUT2D eigenvalue weighted by molar-refractivity contribution is 0.737. The van der Waals surface area contributed by atoms with E-state index in [1.165, 1.54) is 20.9 Å². The summed E-state index contributed by atoms with van der Waals surface area (Å²) in [5.74, 6) is 0. The van der Waals surface area contributed by atoms with Gasteiger partial charge in [0.25, 0.3) is 0 Å². The molecule has 0 saturated heterocycles. The van der Waals surface area contributed by atoms with Crippen LogP contribution >= 0.6 is 23.4 Å². The molecular weight excluding hydrogens is 286 g/mol. The van der Waals surface area contributed by atoms with E-state index in [4.69, 9.17) is 11.6 Å². The van der Waals surface area contributed by atoms with Gasteiger partial charge in [0.2, 0.25) is 0 Å². The summed E-state index contributed by atoms with van der Waals surface area (Å²) >= 11 is 7.74. The summed E-state index contributed by atoms with van der Waals surface area (Å²) in [5, 5.41) is 4.14. The highest BCUT2D eigenvalue weighted by Gasteiger charge is 2.10. The molecule has 0 saturated carbocycles. The second kappa shape index (κ2) is 6.49. The van der Waals surface area contributed by atoms with E-state index in [1.807, 2.05) is 12.1 Å². The van der Waals surface area contributed by atoms with Crippen molar-refractivity contribution in [3.05, 3.63) is 65.2 Å². The van der Waals surface area contributed by atoms with Crippen molar-refractivity contribution in [2.24, 2.45) is 0 Å². The third-order valence-electron chi connectivity index (χ3n) is 3.34. The lowest BCUT2D eigenvalue weighted by atomic mass is 10.0. The maximum atomic E-state index is 5.94. The molecule has 0 radical (unpaired) electrons. The van der Waals surface area contributed by atoms with Gasteiger partial charge in [-0.05, 0) is 54.4 Å². The van der Waals surface area contributed by atoms with E-state index in [2.05, 4.69) is 47.8 Å². The fourth-order valence-corrected chi connectivity index (χ4v) is 3.43. The molecule has 1 nitrogen and oxygen atoms in total. The molecule has 3 heteroatoms. The van der Waals surface area contributed by atoms with Crippen molar-refractivity contribution in [3.63, 3.8) is 0 Å². The first-order valence-electron chi connectivity index (χ1n) is 6.75. The van der Waals surface area contributed by atoms with Gasteiger partial charge in [0.1, 0.15) is 0 Å². The van der Waals surface area contributed by atoms with Gasteiger partial charge in [0.15, 0.2) is 0 Å². The summed E-state index contributed by atoms with van der Waals surface area (Å²) < 4.78 is 0. The number of rotatable bonds is 3. The average molecular weight is 302 g/mol. The van der Waals surface area contributed by atoms with Gasteiger partial charge in [-0.3, -0.25) is 0 Å². The Bertz CT molecular complexity index is 619. The minimum atomic E-state index is 0.781. The van der Waals surface area contributed by atoms with Gasteiger partial charge in [0, 0.05) is 21.4 Å². The molecule has 1 aliphatic rings. The van der Waals surface area contributed by atoms with Crippen LogP contribution in [0.25, 0.3) is 5.57 Å². The highest BCUT2D eigenvalue weighted by atomic mass is 35.5. The summed E-state index contributed by atoms with van der Waals surface area (Å²) in [6.45, 7) is 2.03. The van der Waals surface area contributed by atoms with Gasteiger partial charge in [0.05, 0.1) is 0 Å². The zero-order valence-corrected chi connectivity index (χ0v) is 12.7. The molecule has 1 N–H and O–H groups in total. The number of hydrogen-bond acceptors (Lipinski definition) is 2. The van der Waals surface area contributed by atoms with Crippen LogP contribution in [0.15, 0.2) is 64.4 Å². The summed E-state index contributed by atoms with van der Waals surface area (Å²) in [7, 11) is 0. The molecule has 0 atom stereocenters. The van der Waals surface area contributed by atoms with E-state index in [0.29, 0.717) is 0 Å². The van der Waals surface area contributed by atoms with Crippen LogP contribution in [0.4, 0.5) is 0 Å². The van der Waals surface area contributed by atoms with Crippen molar-refractivity contribution in [1.29, 1.82) is 0 Å². The molecular formula is C17H16ClNS. The Morgan fingerprint density at radius 2 is 1.80 bits per heavy atom. The predicted molar refractivity (Wildman–Crippen MR) is 87.5 cm³/mol. The van der Waals surface area contributed by atoms with Crippen molar-refractivity contribution in [1.82, 2.24) is 5.32 Å². The van der Waals surface area contributed by atoms with Crippen molar-refractivity contribution >= 4 is 28.9 Å². The standard InChI is InChI=1S/C17H16ClNS/c18-14-5-7-15(8-6-14)20-17-4-2-1-3-16(17)13-9-11-19-12-10-13/h1-9,19H,10-12H2. The molecule has 3 rings (SSSR count). The molecule has 0 aliphatic carbocycles. The quantitative estimate of drug-likeness (QED) is 0.868. The van der Waals surface area contributed by atoms with Gasteiger partial charge in [-0.1, -0.05) is 47.6 Å². The average Bonchev–Trinajstić information content (AvgIpc) is 2.51. The molecule has 102 valence electrons. The Balaban J connectivity index is 1.89. The van der Waals surface area contributed by atoms with Crippen molar-refractivity contribution in [2.45, 2.75) is 16.2 Å². The predicted octanol–water partition coefficient (Wildman–Crippen LogP) is 4.87. The molecule has 0 bridgehead atoms. The Hall–Kier alpha value is -1.22. The first kappa shape index (κ1) is 13.7. The fourth-order valence-electron chi connectivity index (χ4n) is 2.32. The molecule has 0 fully saturated rings. The third-order valence-corrected chi connectivity index (χ3v) is 4.67. The monoisotopic (exact) mass is 301 g/mol. The zero-order valence-electron chi connectivity index (χ0n) is 11.1. The lowest BCUT2D eigenvalue weighted by Gasteiger charge is -2.17. The first-order valence-corrected chi connectivity index (χ1v) is 7.95. The zero-order chi connectivity index (χ0) is 13.8. The molecule has 0 amide bonds. The highest BCUT2D eigenvalue weighted by Crippen LogP contribution is 2.35. The van der Waals surface area contributed by atoms with Crippen LogP contribution in [-0.4, -0.2) is 13.1 Å². The number of benzene rings is 2. The van der Waals surface area contributed by atoms with E-state index < -0.39 is 0 Å².